The molecular weight excluding hydrogens is 225 g/mol. The zero-order valence-electron chi connectivity index (χ0n) is 9.07. The van der Waals surface area contributed by atoms with Gasteiger partial charge in [0.15, 0.2) is 0 Å². The van der Waals surface area contributed by atoms with Crippen LogP contribution >= 0.6 is 11.8 Å². The van der Waals surface area contributed by atoms with Crippen LogP contribution in [0.15, 0.2) is 34.3 Å². The van der Waals surface area contributed by atoms with Gasteiger partial charge in [0.2, 0.25) is 0 Å². The molecule has 0 aliphatic carbocycles. The van der Waals surface area contributed by atoms with E-state index in [1.165, 1.54) is 17.8 Å². The van der Waals surface area contributed by atoms with Gasteiger partial charge in [0.25, 0.3) is 0 Å². The number of nitrogen functional groups attached to an aromatic ring is 1. The second-order valence-electron chi connectivity index (χ2n) is 3.59. The van der Waals surface area contributed by atoms with Crippen molar-refractivity contribution in [1.82, 2.24) is 9.78 Å². The fourth-order valence-corrected chi connectivity index (χ4v) is 2.31. The number of halogens is 1. The molecule has 0 aliphatic rings. The molecule has 0 atom stereocenters. The molecule has 84 valence electrons. The van der Waals surface area contributed by atoms with Crippen molar-refractivity contribution in [3.8, 4) is 0 Å². The maximum absolute atomic E-state index is 13.2. The van der Waals surface area contributed by atoms with Crippen molar-refractivity contribution >= 4 is 17.4 Å². The van der Waals surface area contributed by atoms with Crippen LogP contribution in [0.5, 0.6) is 0 Å². The van der Waals surface area contributed by atoms with Gasteiger partial charge in [0.1, 0.15) is 5.82 Å². The van der Waals surface area contributed by atoms with Crippen LogP contribution in [0.1, 0.15) is 5.56 Å². The van der Waals surface area contributed by atoms with E-state index in [1.807, 2.05) is 13.2 Å². The van der Waals surface area contributed by atoms with Gasteiger partial charge in [-0.05, 0) is 24.6 Å². The molecule has 0 amide bonds. The summed E-state index contributed by atoms with van der Waals surface area (Å²) in [6.45, 7) is 1.72. The van der Waals surface area contributed by atoms with Crippen molar-refractivity contribution in [1.29, 1.82) is 0 Å². The molecule has 2 rings (SSSR count). The quantitative estimate of drug-likeness (QED) is 0.816. The first-order valence-electron chi connectivity index (χ1n) is 4.78. The Labute approximate surface area is 97.5 Å². The molecule has 0 bridgehead atoms. The smallest absolute Gasteiger partial charge is 0.128 e. The van der Waals surface area contributed by atoms with Gasteiger partial charge in [-0.15, -0.1) is 0 Å². The number of nitrogens with two attached hydrogens (primary N) is 1. The third-order valence-electron chi connectivity index (χ3n) is 2.20. The molecule has 0 spiro atoms. The standard InChI is InChI=1S/C11H12FN3S/c1-7-3-11(10(13)4-9(7)12)16-8-5-14-15(2)6-8/h3-6H,13H2,1-2H3. The summed E-state index contributed by atoms with van der Waals surface area (Å²) in [5, 5.41) is 4.06. The fourth-order valence-electron chi connectivity index (χ4n) is 1.34. The second-order valence-corrected chi connectivity index (χ2v) is 4.71. The zero-order valence-corrected chi connectivity index (χ0v) is 9.88. The minimum Gasteiger partial charge on any atom is -0.398 e. The molecule has 0 saturated heterocycles. The van der Waals surface area contributed by atoms with Crippen LogP contribution in [0.4, 0.5) is 10.1 Å². The molecule has 1 aromatic heterocycles. The fraction of sp³-hybridized carbons (Fsp3) is 0.182. The monoisotopic (exact) mass is 237 g/mol. The van der Waals surface area contributed by atoms with Crippen molar-refractivity contribution in [2.24, 2.45) is 7.05 Å². The average Bonchev–Trinajstić information content (AvgIpc) is 2.60. The molecule has 5 heteroatoms. The van der Waals surface area contributed by atoms with Gasteiger partial charge in [0, 0.05) is 23.8 Å². The van der Waals surface area contributed by atoms with E-state index in [2.05, 4.69) is 5.10 Å². The number of benzene rings is 1. The van der Waals surface area contributed by atoms with E-state index in [-0.39, 0.29) is 5.82 Å². The molecule has 0 aliphatic heterocycles. The van der Waals surface area contributed by atoms with Crippen LogP contribution in [0.2, 0.25) is 0 Å². The number of aryl methyl sites for hydroxylation is 2. The second kappa shape index (κ2) is 4.17. The highest BCUT2D eigenvalue weighted by atomic mass is 32.2. The molecule has 1 aromatic carbocycles. The Balaban J connectivity index is 2.31. The van der Waals surface area contributed by atoms with Gasteiger partial charge in [-0.1, -0.05) is 11.8 Å². The third-order valence-corrected chi connectivity index (χ3v) is 3.22. The lowest BCUT2D eigenvalue weighted by Gasteiger charge is -2.05. The maximum atomic E-state index is 13.2. The molecule has 0 saturated carbocycles. The van der Waals surface area contributed by atoms with Crippen LogP contribution in [0.25, 0.3) is 0 Å². The van der Waals surface area contributed by atoms with E-state index in [0.29, 0.717) is 11.3 Å². The molecule has 0 fully saturated rings. The number of hydrogen-bond acceptors (Lipinski definition) is 3. The maximum Gasteiger partial charge on any atom is 0.128 e. The Kier molecular flexibility index (Phi) is 2.87. The van der Waals surface area contributed by atoms with E-state index < -0.39 is 0 Å². The zero-order chi connectivity index (χ0) is 11.7. The van der Waals surface area contributed by atoms with Gasteiger partial charge < -0.3 is 5.73 Å². The lowest BCUT2D eigenvalue weighted by Crippen LogP contribution is -1.92. The molecular formula is C11H12FN3S. The highest BCUT2D eigenvalue weighted by molar-refractivity contribution is 7.99. The van der Waals surface area contributed by atoms with Crippen molar-refractivity contribution in [2.75, 3.05) is 5.73 Å². The number of rotatable bonds is 2. The Morgan fingerprint density at radius 3 is 2.81 bits per heavy atom. The SMILES string of the molecule is Cc1cc(Sc2cnn(C)c2)c(N)cc1F. The predicted octanol–water partition coefficient (Wildman–Crippen LogP) is 2.60. The number of nitrogens with zero attached hydrogens (tertiary/aromatic N) is 2. The lowest BCUT2D eigenvalue weighted by molar-refractivity contribution is 0.618. The van der Waals surface area contributed by atoms with Gasteiger partial charge >= 0.3 is 0 Å². The molecule has 3 nitrogen and oxygen atoms in total. The van der Waals surface area contributed by atoms with Crippen LogP contribution in [0.3, 0.4) is 0 Å². The summed E-state index contributed by atoms with van der Waals surface area (Å²) in [4.78, 5) is 1.84. The molecule has 2 aromatic rings. The number of hydrogen-bond donors (Lipinski definition) is 1. The van der Waals surface area contributed by atoms with Crippen LogP contribution < -0.4 is 5.73 Å². The average molecular weight is 237 g/mol. The minimum atomic E-state index is -0.270. The highest BCUT2D eigenvalue weighted by Crippen LogP contribution is 2.33. The van der Waals surface area contributed by atoms with E-state index in [1.54, 1.807) is 23.9 Å². The first kappa shape index (κ1) is 11.0. The minimum absolute atomic E-state index is 0.270. The topological polar surface area (TPSA) is 43.8 Å². The summed E-state index contributed by atoms with van der Waals surface area (Å²) in [7, 11) is 1.85. The van der Waals surface area contributed by atoms with E-state index in [0.717, 1.165) is 9.79 Å². The van der Waals surface area contributed by atoms with Crippen LogP contribution in [-0.2, 0) is 7.05 Å². The molecule has 0 radical (unpaired) electrons. The van der Waals surface area contributed by atoms with Crippen LogP contribution in [0, 0.1) is 12.7 Å². The molecule has 2 N–H and O–H groups in total. The Hall–Kier alpha value is -1.49. The summed E-state index contributed by atoms with van der Waals surface area (Å²) < 4.78 is 14.9. The van der Waals surface area contributed by atoms with Crippen molar-refractivity contribution in [3.63, 3.8) is 0 Å². The highest BCUT2D eigenvalue weighted by Gasteiger charge is 2.07. The van der Waals surface area contributed by atoms with E-state index in [9.17, 15) is 4.39 Å². The first-order chi connectivity index (χ1) is 7.56. The van der Waals surface area contributed by atoms with E-state index >= 15 is 0 Å². The van der Waals surface area contributed by atoms with Crippen molar-refractivity contribution in [3.05, 3.63) is 35.9 Å². The Bertz CT molecular complexity index is 522. The van der Waals surface area contributed by atoms with Crippen molar-refractivity contribution < 1.29 is 4.39 Å². The Morgan fingerprint density at radius 1 is 1.44 bits per heavy atom. The summed E-state index contributed by atoms with van der Waals surface area (Å²) >= 11 is 1.48. The van der Waals surface area contributed by atoms with Gasteiger partial charge in [-0.25, -0.2) is 4.39 Å². The normalized spacial score (nSPS) is 10.7. The Morgan fingerprint density at radius 2 is 2.19 bits per heavy atom. The predicted molar refractivity (Wildman–Crippen MR) is 62.9 cm³/mol. The summed E-state index contributed by atoms with van der Waals surface area (Å²) in [5.74, 6) is -0.270. The van der Waals surface area contributed by atoms with Crippen molar-refractivity contribution in [2.45, 2.75) is 16.7 Å². The third kappa shape index (κ3) is 2.19. The number of aromatic nitrogens is 2. The van der Waals surface area contributed by atoms with Gasteiger partial charge in [-0.3, -0.25) is 4.68 Å². The van der Waals surface area contributed by atoms with E-state index in [4.69, 9.17) is 5.73 Å². The molecule has 1 heterocycles. The molecule has 0 unspecified atom stereocenters. The number of anilines is 1. The van der Waals surface area contributed by atoms with Gasteiger partial charge in [-0.2, -0.15) is 5.10 Å². The lowest BCUT2D eigenvalue weighted by atomic mass is 10.2. The summed E-state index contributed by atoms with van der Waals surface area (Å²) in [6.07, 6.45) is 3.64. The molecule has 16 heavy (non-hydrogen) atoms. The first-order valence-corrected chi connectivity index (χ1v) is 5.60. The summed E-state index contributed by atoms with van der Waals surface area (Å²) in [5.41, 5.74) is 6.81. The van der Waals surface area contributed by atoms with Crippen LogP contribution in [-0.4, -0.2) is 9.78 Å². The summed E-state index contributed by atoms with van der Waals surface area (Å²) in [6, 6.07) is 3.11. The van der Waals surface area contributed by atoms with Gasteiger partial charge in [0.05, 0.1) is 11.1 Å². The largest absolute Gasteiger partial charge is 0.398 e.